The summed E-state index contributed by atoms with van der Waals surface area (Å²) in [4.78, 5) is 22.4. The van der Waals surface area contributed by atoms with E-state index in [4.69, 9.17) is 0 Å². The zero-order valence-corrected chi connectivity index (χ0v) is 12.2. The van der Waals surface area contributed by atoms with Gasteiger partial charge in [-0.3, -0.25) is 10.1 Å². The van der Waals surface area contributed by atoms with Crippen LogP contribution >= 0.6 is 11.3 Å². The van der Waals surface area contributed by atoms with Crippen LogP contribution in [-0.2, 0) is 12.8 Å². The summed E-state index contributed by atoms with van der Waals surface area (Å²) in [7, 11) is 0. The van der Waals surface area contributed by atoms with Crippen molar-refractivity contribution < 1.29 is 4.79 Å². The van der Waals surface area contributed by atoms with Gasteiger partial charge in [-0.05, 0) is 37.8 Å². The summed E-state index contributed by atoms with van der Waals surface area (Å²) in [5, 5.41) is 3.55. The molecule has 3 aromatic rings. The van der Waals surface area contributed by atoms with Crippen LogP contribution in [-0.4, -0.2) is 20.3 Å². The first kappa shape index (κ1) is 12.5. The molecule has 1 aliphatic carbocycles. The second kappa shape index (κ2) is 4.96. The van der Waals surface area contributed by atoms with Crippen molar-refractivity contribution in [1.82, 2.24) is 14.4 Å². The van der Waals surface area contributed by atoms with E-state index in [2.05, 4.69) is 15.3 Å². The Morgan fingerprint density at radius 2 is 2.14 bits per heavy atom. The molecule has 0 bridgehead atoms. The molecule has 0 aromatic carbocycles. The van der Waals surface area contributed by atoms with Crippen LogP contribution in [0.2, 0.25) is 0 Å². The molecule has 3 aromatic heterocycles. The van der Waals surface area contributed by atoms with Gasteiger partial charge in [-0.25, -0.2) is 9.97 Å². The van der Waals surface area contributed by atoms with Gasteiger partial charge in [0.2, 0.25) is 0 Å². The molecular formula is C15H14N4OS. The molecule has 0 aliphatic heterocycles. The summed E-state index contributed by atoms with van der Waals surface area (Å²) < 4.78 is 1.84. The minimum Gasteiger partial charge on any atom is -0.306 e. The highest BCUT2D eigenvalue weighted by Gasteiger charge is 2.18. The monoisotopic (exact) mass is 298 g/mol. The maximum Gasteiger partial charge on any atom is 0.277 e. The molecule has 0 spiro atoms. The third-order valence-electron chi connectivity index (χ3n) is 3.66. The average Bonchev–Trinajstić information content (AvgIpc) is 3.10. The first-order chi connectivity index (χ1) is 10.3. The predicted molar refractivity (Wildman–Crippen MR) is 81.9 cm³/mol. The number of pyridine rings is 1. The maximum absolute atomic E-state index is 12.3. The number of aromatic nitrogens is 3. The zero-order chi connectivity index (χ0) is 14.2. The van der Waals surface area contributed by atoms with Crippen LogP contribution in [0, 0.1) is 0 Å². The van der Waals surface area contributed by atoms with E-state index in [0.717, 1.165) is 24.2 Å². The second-order valence-corrected chi connectivity index (χ2v) is 6.23. The lowest BCUT2D eigenvalue weighted by molar-refractivity contribution is 0.102. The van der Waals surface area contributed by atoms with Crippen molar-refractivity contribution in [2.45, 2.75) is 25.7 Å². The van der Waals surface area contributed by atoms with Crippen LogP contribution < -0.4 is 5.32 Å². The standard InChI is InChI=1S/C15H14N4OS/c20-14(11-9-19-8-4-3-7-13(19)16-11)18-15-17-10-5-1-2-6-12(10)21-15/h3-4,7-9H,1-2,5-6H2,(H,17,18,20). The van der Waals surface area contributed by atoms with Crippen molar-refractivity contribution in [3.05, 3.63) is 46.9 Å². The van der Waals surface area contributed by atoms with Crippen LogP contribution in [0.3, 0.4) is 0 Å². The number of aryl methyl sites for hydroxylation is 2. The maximum atomic E-state index is 12.3. The number of hydrogen-bond donors (Lipinski definition) is 1. The Bertz CT molecular complexity index is 764. The van der Waals surface area contributed by atoms with Gasteiger partial charge >= 0.3 is 0 Å². The lowest BCUT2D eigenvalue weighted by Gasteiger charge is -2.06. The minimum absolute atomic E-state index is 0.204. The molecule has 0 saturated carbocycles. The highest BCUT2D eigenvalue weighted by atomic mass is 32.1. The molecule has 4 rings (SSSR count). The molecule has 3 heterocycles. The molecule has 1 aliphatic rings. The first-order valence-electron chi connectivity index (χ1n) is 7.03. The number of thiazole rings is 1. The summed E-state index contributed by atoms with van der Waals surface area (Å²) >= 11 is 1.59. The Kier molecular flexibility index (Phi) is 2.96. The molecule has 106 valence electrons. The van der Waals surface area contributed by atoms with Crippen LogP contribution in [0.25, 0.3) is 5.65 Å². The molecule has 0 unspecified atom stereocenters. The Hall–Kier alpha value is -2.21. The molecular weight excluding hydrogens is 284 g/mol. The van der Waals surface area contributed by atoms with Gasteiger partial charge in [0.15, 0.2) is 5.13 Å². The van der Waals surface area contributed by atoms with Gasteiger partial charge in [0.25, 0.3) is 5.91 Å². The number of carbonyl (C=O) groups is 1. The van der Waals surface area contributed by atoms with Crippen molar-refractivity contribution in [2.24, 2.45) is 0 Å². The van der Waals surface area contributed by atoms with E-state index in [9.17, 15) is 4.79 Å². The lowest BCUT2D eigenvalue weighted by Crippen LogP contribution is -2.12. The summed E-state index contributed by atoms with van der Waals surface area (Å²) in [5.41, 5.74) is 2.33. The van der Waals surface area contributed by atoms with Gasteiger partial charge in [-0.15, -0.1) is 11.3 Å². The quantitative estimate of drug-likeness (QED) is 0.791. The number of fused-ring (bicyclic) bond motifs is 2. The highest BCUT2D eigenvalue weighted by molar-refractivity contribution is 7.15. The molecule has 0 radical (unpaired) electrons. The van der Waals surface area contributed by atoms with Gasteiger partial charge in [-0.2, -0.15) is 0 Å². The third kappa shape index (κ3) is 2.31. The van der Waals surface area contributed by atoms with Crippen LogP contribution in [0.4, 0.5) is 5.13 Å². The molecule has 21 heavy (non-hydrogen) atoms. The average molecular weight is 298 g/mol. The van der Waals surface area contributed by atoms with E-state index < -0.39 is 0 Å². The molecule has 0 atom stereocenters. The third-order valence-corrected chi connectivity index (χ3v) is 4.74. The van der Waals surface area contributed by atoms with Gasteiger partial charge in [-0.1, -0.05) is 6.07 Å². The Balaban J connectivity index is 1.58. The second-order valence-electron chi connectivity index (χ2n) is 5.14. The Morgan fingerprint density at radius 1 is 1.24 bits per heavy atom. The number of hydrogen-bond acceptors (Lipinski definition) is 4. The van der Waals surface area contributed by atoms with Crippen molar-refractivity contribution in [3.63, 3.8) is 0 Å². The minimum atomic E-state index is -0.204. The number of rotatable bonds is 2. The lowest BCUT2D eigenvalue weighted by atomic mass is 10.0. The normalized spacial score (nSPS) is 14.1. The molecule has 0 fully saturated rings. The summed E-state index contributed by atoms with van der Waals surface area (Å²) in [6.07, 6.45) is 8.12. The number of amides is 1. The summed E-state index contributed by atoms with van der Waals surface area (Å²) in [5.74, 6) is -0.204. The van der Waals surface area contributed by atoms with E-state index in [-0.39, 0.29) is 5.91 Å². The summed E-state index contributed by atoms with van der Waals surface area (Å²) in [6, 6.07) is 5.68. The highest BCUT2D eigenvalue weighted by Crippen LogP contribution is 2.29. The fraction of sp³-hybridized carbons (Fsp3) is 0.267. The van der Waals surface area contributed by atoms with Gasteiger partial charge < -0.3 is 4.40 Å². The number of nitrogens with zero attached hydrogens (tertiary/aromatic N) is 3. The fourth-order valence-corrected chi connectivity index (χ4v) is 3.66. The number of imidazole rings is 1. The van der Waals surface area contributed by atoms with Gasteiger partial charge in [0.1, 0.15) is 11.3 Å². The van der Waals surface area contributed by atoms with Gasteiger partial charge in [0, 0.05) is 17.3 Å². The molecule has 6 heteroatoms. The van der Waals surface area contributed by atoms with Crippen molar-refractivity contribution in [2.75, 3.05) is 5.32 Å². The van der Waals surface area contributed by atoms with E-state index in [1.807, 2.05) is 28.8 Å². The molecule has 0 saturated heterocycles. The Labute approximate surface area is 125 Å². The SMILES string of the molecule is O=C(Nc1nc2c(s1)CCCC2)c1cn2ccccc2n1. The van der Waals surface area contributed by atoms with Gasteiger partial charge in [0.05, 0.1) is 5.69 Å². The number of carbonyl (C=O) groups excluding carboxylic acids is 1. The van der Waals surface area contributed by atoms with E-state index in [0.29, 0.717) is 10.8 Å². The van der Waals surface area contributed by atoms with E-state index >= 15 is 0 Å². The van der Waals surface area contributed by atoms with Crippen LogP contribution in [0.5, 0.6) is 0 Å². The smallest absolute Gasteiger partial charge is 0.277 e. The largest absolute Gasteiger partial charge is 0.306 e. The van der Waals surface area contributed by atoms with Crippen molar-refractivity contribution in [1.29, 1.82) is 0 Å². The zero-order valence-electron chi connectivity index (χ0n) is 11.4. The molecule has 1 amide bonds. The van der Waals surface area contributed by atoms with E-state index in [1.165, 1.54) is 17.7 Å². The Morgan fingerprint density at radius 3 is 3.00 bits per heavy atom. The van der Waals surface area contributed by atoms with Crippen LogP contribution in [0.1, 0.15) is 33.9 Å². The van der Waals surface area contributed by atoms with Crippen molar-refractivity contribution in [3.8, 4) is 0 Å². The number of nitrogens with one attached hydrogen (secondary N) is 1. The van der Waals surface area contributed by atoms with E-state index in [1.54, 1.807) is 17.5 Å². The topological polar surface area (TPSA) is 59.3 Å². The summed E-state index contributed by atoms with van der Waals surface area (Å²) in [6.45, 7) is 0. The van der Waals surface area contributed by atoms with Crippen LogP contribution in [0.15, 0.2) is 30.6 Å². The number of anilines is 1. The molecule has 1 N–H and O–H groups in total. The molecule has 5 nitrogen and oxygen atoms in total. The predicted octanol–water partition coefficient (Wildman–Crippen LogP) is 2.92. The van der Waals surface area contributed by atoms with Crippen molar-refractivity contribution >= 4 is 28.0 Å². The first-order valence-corrected chi connectivity index (χ1v) is 7.85. The fourth-order valence-electron chi connectivity index (χ4n) is 2.61.